The molecule has 0 amide bonds. The number of aromatic carboxylic acids is 1. The Morgan fingerprint density at radius 3 is 2.67 bits per heavy atom. The van der Waals surface area contributed by atoms with Crippen molar-refractivity contribution in [3.8, 4) is 0 Å². The quantitative estimate of drug-likeness (QED) is 0.508. The van der Waals surface area contributed by atoms with Crippen molar-refractivity contribution in [2.24, 2.45) is 0 Å². The zero-order valence-electron chi connectivity index (χ0n) is 10.9. The molecule has 0 unspecified atom stereocenters. The summed E-state index contributed by atoms with van der Waals surface area (Å²) < 4.78 is 0. The highest BCUT2D eigenvalue weighted by Crippen LogP contribution is 2.17. The Labute approximate surface area is 108 Å². The number of nitrogens with two attached hydrogens (primary N) is 1. The van der Waals surface area contributed by atoms with Gasteiger partial charge in [-0.1, -0.05) is 0 Å². The Morgan fingerprint density at radius 2 is 2.11 bits per heavy atom. The SMILES string of the molecule is CN(C)CCCCNc1ccc(C(=O)O)c(N)c1. The van der Waals surface area contributed by atoms with Crippen molar-refractivity contribution in [2.75, 3.05) is 38.2 Å². The van der Waals surface area contributed by atoms with E-state index in [9.17, 15) is 4.79 Å². The van der Waals surface area contributed by atoms with E-state index in [2.05, 4.69) is 24.3 Å². The summed E-state index contributed by atoms with van der Waals surface area (Å²) in [5.74, 6) is -0.995. The van der Waals surface area contributed by atoms with E-state index in [-0.39, 0.29) is 5.56 Å². The fourth-order valence-corrected chi connectivity index (χ4v) is 1.65. The molecule has 5 heteroatoms. The average molecular weight is 251 g/mol. The molecule has 1 aromatic carbocycles. The van der Waals surface area contributed by atoms with Gasteiger partial charge in [-0.25, -0.2) is 4.79 Å². The third-order valence-electron chi connectivity index (χ3n) is 2.64. The maximum absolute atomic E-state index is 10.8. The lowest BCUT2D eigenvalue weighted by molar-refractivity contribution is 0.0698. The van der Waals surface area contributed by atoms with Crippen molar-refractivity contribution in [3.05, 3.63) is 23.8 Å². The predicted molar refractivity (Wildman–Crippen MR) is 74.1 cm³/mol. The second-order valence-electron chi connectivity index (χ2n) is 4.54. The van der Waals surface area contributed by atoms with Crippen LogP contribution in [0.15, 0.2) is 18.2 Å². The second-order valence-corrected chi connectivity index (χ2v) is 4.54. The molecule has 4 N–H and O–H groups in total. The van der Waals surface area contributed by atoms with Crippen LogP contribution in [0.2, 0.25) is 0 Å². The number of hydrogen-bond donors (Lipinski definition) is 3. The van der Waals surface area contributed by atoms with Crippen LogP contribution in [-0.2, 0) is 0 Å². The number of hydrogen-bond acceptors (Lipinski definition) is 4. The van der Waals surface area contributed by atoms with Gasteiger partial charge in [0, 0.05) is 17.9 Å². The van der Waals surface area contributed by atoms with Crippen molar-refractivity contribution >= 4 is 17.3 Å². The highest BCUT2D eigenvalue weighted by atomic mass is 16.4. The molecule has 0 aliphatic heterocycles. The van der Waals surface area contributed by atoms with Crippen LogP contribution in [0.1, 0.15) is 23.2 Å². The lowest BCUT2D eigenvalue weighted by Gasteiger charge is -2.11. The zero-order valence-corrected chi connectivity index (χ0v) is 10.9. The summed E-state index contributed by atoms with van der Waals surface area (Å²) in [5.41, 5.74) is 6.97. The first-order chi connectivity index (χ1) is 8.50. The zero-order chi connectivity index (χ0) is 13.5. The van der Waals surface area contributed by atoms with Crippen LogP contribution < -0.4 is 11.1 Å². The van der Waals surface area contributed by atoms with Crippen molar-refractivity contribution in [1.29, 1.82) is 0 Å². The number of carboxylic acid groups (broad SMARTS) is 1. The van der Waals surface area contributed by atoms with Crippen molar-refractivity contribution in [2.45, 2.75) is 12.8 Å². The summed E-state index contributed by atoms with van der Waals surface area (Å²) in [7, 11) is 4.11. The molecule has 0 aliphatic carbocycles. The van der Waals surface area contributed by atoms with Gasteiger partial charge in [0.05, 0.1) is 5.56 Å². The van der Waals surface area contributed by atoms with E-state index in [4.69, 9.17) is 10.8 Å². The number of carboxylic acids is 1. The van der Waals surface area contributed by atoms with Gasteiger partial charge < -0.3 is 21.1 Å². The van der Waals surface area contributed by atoms with Crippen LogP contribution in [0.5, 0.6) is 0 Å². The van der Waals surface area contributed by atoms with Crippen molar-refractivity contribution < 1.29 is 9.90 Å². The monoisotopic (exact) mass is 251 g/mol. The van der Waals surface area contributed by atoms with Crippen molar-refractivity contribution in [3.63, 3.8) is 0 Å². The minimum atomic E-state index is -0.995. The molecule has 0 spiro atoms. The van der Waals surface area contributed by atoms with Crippen molar-refractivity contribution in [1.82, 2.24) is 4.90 Å². The number of unbranched alkanes of at least 4 members (excludes halogenated alkanes) is 1. The third kappa shape index (κ3) is 4.63. The van der Waals surface area contributed by atoms with Crippen LogP contribution in [-0.4, -0.2) is 43.2 Å². The van der Waals surface area contributed by atoms with Gasteiger partial charge in [0.1, 0.15) is 0 Å². The minimum absolute atomic E-state index is 0.146. The Balaban J connectivity index is 2.39. The predicted octanol–water partition coefficient (Wildman–Crippen LogP) is 1.72. The molecule has 1 aromatic rings. The molecule has 0 saturated heterocycles. The highest BCUT2D eigenvalue weighted by molar-refractivity contribution is 5.94. The molecule has 0 saturated carbocycles. The molecule has 0 atom stereocenters. The van der Waals surface area contributed by atoms with Gasteiger partial charge in [-0.05, 0) is 51.7 Å². The molecule has 1 rings (SSSR count). The van der Waals surface area contributed by atoms with Crippen LogP contribution in [0.4, 0.5) is 11.4 Å². The molecule has 18 heavy (non-hydrogen) atoms. The Hall–Kier alpha value is -1.75. The summed E-state index contributed by atoms with van der Waals surface area (Å²) in [6, 6.07) is 4.93. The molecule has 0 radical (unpaired) electrons. The van der Waals surface area contributed by atoms with E-state index in [0.29, 0.717) is 5.69 Å². The van der Waals surface area contributed by atoms with Gasteiger partial charge in [-0.2, -0.15) is 0 Å². The fraction of sp³-hybridized carbons (Fsp3) is 0.462. The number of benzene rings is 1. The summed E-state index contributed by atoms with van der Waals surface area (Å²) >= 11 is 0. The van der Waals surface area contributed by atoms with Crippen LogP contribution in [0.25, 0.3) is 0 Å². The van der Waals surface area contributed by atoms with Gasteiger partial charge >= 0.3 is 5.97 Å². The Morgan fingerprint density at radius 1 is 1.39 bits per heavy atom. The smallest absolute Gasteiger partial charge is 0.337 e. The van der Waals surface area contributed by atoms with Gasteiger partial charge in [-0.3, -0.25) is 0 Å². The molecular formula is C13H21N3O2. The number of anilines is 2. The Bertz CT molecular complexity index is 405. The topological polar surface area (TPSA) is 78.6 Å². The van der Waals surface area contributed by atoms with E-state index in [1.165, 1.54) is 6.07 Å². The first-order valence-corrected chi connectivity index (χ1v) is 6.02. The maximum atomic E-state index is 10.8. The molecule has 0 fully saturated rings. The second kappa shape index (κ2) is 6.86. The molecule has 0 heterocycles. The lowest BCUT2D eigenvalue weighted by atomic mass is 10.1. The minimum Gasteiger partial charge on any atom is -0.478 e. The first-order valence-electron chi connectivity index (χ1n) is 6.02. The fourth-order valence-electron chi connectivity index (χ4n) is 1.65. The maximum Gasteiger partial charge on any atom is 0.337 e. The van der Waals surface area contributed by atoms with E-state index in [0.717, 1.165) is 31.6 Å². The van der Waals surface area contributed by atoms with E-state index < -0.39 is 5.97 Å². The number of rotatable bonds is 7. The number of nitrogens with zero attached hydrogens (tertiary/aromatic N) is 1. The highest BCUT2D eigenvalue weighted by Gasteiger charge is 2.07. The third-order valence-corrected chi connectivity index (χ3v) is 2.64. The van der Waals surface area contributed by atoms with E-state index in [1.54, 1.807) is 12.1 Å². The summed E-state index contributed by atoms with van der Waals surface area (Å²) in [5, 5.41) is 12.1. The largest absolute Gasteiger partial charge is 0.478 e. The molecule has 0 aromatic heterocycles. The number of carbonyl (C=O) groups is 1. The summed E-state index contributed by atoms with van der Waals surface area (Å²) in [4.78, 5) is 12.9. The standard InChI is InChI=1S/C13H21N3O2/c1-16(2)8-4-3-7-15-10-5-6-11(13(17)18)12(14)9-10/h5-6,9,15H,3-4,7-8,14H2,1-2H3,(H,17,18). The normalized spacial score (nSPS) is 10.6. The van der Waals surface area contributed by atoms with Gasteiger partial charge in [0.25, 0.3) is 0 Å². The molecule has 5 nitrogen and oxygen atoms in total. The van der Waals surface area contributed by atoms with Crippen LogP contribution in [0, 0.1) is 0 Å². The molecule has 100 valence electrons. The van der Waals surface area contributed by atoms with Crippen LogP contribution in [0.3, 0.4) is 0 Å². The van der Waals surface area contributed by atoms with E-state index >= 15 is 0 Å². The summed E-state index contributed by atoms with van der Waals surface area (Å²) in [6.45, 7) is 1.93. The molecular weight excluding hydrogens is 230 g/mol. The summed E-state index contributed by atoms with van der Waals surface area (Å²) in [6.07, 6.45) is 2.20. The molecule has 0 bridgehead atoms. The molecule has 0 aliphatic rings. The average Bonchev–Trinajstić information content (AvgIpc) is 2.27. The van der Waals surface area contributed by atoms with Gasteiger partial charge in [0.2, 0.25) is 0 Å². The van der Waals surface area contributed by atoms with Crippen LogP contribution >= 0.6 is 0 Å². The van der Waals surface area contributed by atoms with Gasteiger partial charge in [-0.15, -0.1) is 0 Å². The lowest BCUT2D eigenvalue weighted by Crippen LogP contribution is -2.14. The van der Waals surface area contributed by atoms with Gasteiger partial charge in [0.15, 0.2) is 0 Å². The first kappa shape index (κ1) is 14.3. The Kier molecular flexibility index (Phi) is 5.45. The number of nitrogen functional groups attached to an aromatic ring is 1. The van der Waals surface area contributed by atoms with E-state index in [1.807, 2.05) is 0 Å². The number of nitrogens with one attached hydrogen (secondary N) is 1.